The van der Waals surface area contributed by atoms with Crippen LogP contribution in [0.2, 0.25) is 0 Å². The van der Waals surface area contributed by atoms with Crippen LogP contribution in [0.5, 0.6) is 0 Å². The van der Waals surface area contributed by atoms with Crippen LogP contribution in [0.25, 0.3) is 0 Å². The molecule has 0 spiro atoms. The van der Waals surface area contributed by atoms with Gasteiger partial charge in [0.25, 0.3) is 0 Å². The maximum absolute atomic E-state index is 11.9. The first-order valence-electron chi connectivity index (χ1n) is 2.70. The molecule has 0 nitrogen and oxygen atoms in total. The van der Waals surface area contributed by atoms with Crippen molar-refractivity contribution in [3.05, 3.63) is 21.6 Å². The molecular formula is C6H4F3Ti. The predicted molar refractivity (Wildman–Crippen MR) is 26.8 cm³/mol. The van der Waals surface area contributed by atoms with Crippen molar-refractivity contribution in [2.45, 2.75) is 12.6 Å². The van der Waals surface area contributed by atoms with Crippen molar-refractivity contribution in [3.63, 3.8) is 0 Å². The normalized spacial score (nSPS) is 18.6. The summed E-state index contributed by atoms with van der Waals surface area (Å²) in [6.45, 7) is 0. The Hall–Kier alpha value is -0.0157. The van der Waals surface area contributed by atoms with Crippen LogP contribution < -0.4 is 0 Å². The summed E-state index contributed by atoms with van der Waals surface area (Å²) in [6.07, 6.45) is -1.06. The van der Waals surface area contributed by atoms with E-state index in [1.165, 1.54) is 26.5 Å². The number of alkyl halides is 3. The molecule has 0 N–H and O–H groups in total. The quantitative estimate of drug-likeness (QED) is 0.503. The zero-order chi connectivity index (χ0) is 7.78. The van der Waals surface area contributed by atoms with Crippen LogP contribution in [0.4, 0.5) is 13.2 Å². The molecule has 0 aromatic rings. The van der Waals surface area contributed by atoms with Gasteiger partial charge in [0.1, 0.15) is 0 Å². The van der Waals surface area contributed by atoms with E-state index in [1.807, 2.05) is 0 Å². The third kappa shape index (κ3) is 1.52. The fourth-order valence-corrected chi connectivity index (χ4v) is 1.31. The van der Waals surface area contributed by atoms with E-state index < -0.39 is 11.7 Å². The Kier molecular flexibility index (Phi) is 2.06. The fraction of sp³-hybridized carbons (Fsp3) is 0.333. The van der Waals surface area contributed by atoms with Gasteiger partial charge in [-0.25, -0.2) is 0 Å². The third-order valence-corrected chi connectivity index (χ3v) is 1.98. The molecule has 0 amide bonds. The van der Waals surface area contributed by atoms with Crippen molar-refractivity contribution in [1.82, 2.24) is 0 Å². The van der Waals surface area contributed by atoms with Gasteiger partial charge in [-0.15, -0.1) is 0 Å². The Morgan fingerprint density at radius 2 is 2.00 bits per heavy atom. The first kappa shape index (κ1) is 8.08. The Balaban J connectivity index is 2.91. The van der Waals surface area contributed by atoms with Crippen LogP contribution in [0, 0.1) is 0 Å². The molecule has 0 fully saturated rings. The molecular weight excluding hydrogens is 177 g/mol. The first-order chi connectivity index (χ1) is 4.52. The summed E-state index contributed by atoms with van der Waals surface area (Å²) < 4.78 is 36.1. The average molecular weight is 181 g/mol. The summed E-state index contributed by atoms with van der Waals surface area (Å²) in [4.78, 5) is 0. The van der Waals surface area contributed by atoms with Gasteiger partial charge in [0, 0.05) is 0 Å². The number of allylic oxidation sites excluding steroid dienone is 4. The van der Waals surface area contributed by atoms with Gasteiger partial charge in [0.05, 0.1) is 0 Å². The van der Waals surface area contributed by atoms with Crippen LogP contribution >= 0.6 is 0 Å². The summed E-state index contributed by atoms with van der Waals surface area (Å²) >= 11 is 1.50. The SMILES string of the molecule is FC(F)(F)C1=[C]([Ti])CC=C1. The molecule has 0 heterocycles. The summed E-state index contributed by atoms with van der Waals surface area (Å²) in [7, 11) is 0. The minimum absolute atomic E-state index is 0.410. The van der Waals surface area contributed by atoms with Crippen molar-refractivity contribution in [1.29, 1.82) is 0 Å². The topological polar surface area (TPSA) is 0 Å². The Bertz CT molecular complexity index is 200. The van der Waals surface area contributed by atoms with Gasteiger partial charge in [-0.3, -0.25) is 0 Å². The molecule has 4 heteroatoms. The van der Waals surface area contributed by atoms with E-state index in [0.717, 1.165) is 6.08 Å². The van der Waals surface area contributed by atoms with E-state index in [-0.39, 0.29) is 0 Å². The molecule has 0 saturated carbocycles. The van der Waals surface area contributed by atoms with Crippen LogP contribution in [0.1, 0.15) is 6.42 Å². The zero-order valence-corrected chi connectivity index (χ0v) is 6.56. The second-order valence-electron chi connectivity index (χ2n) is 2.00. The monoisotopic (exact) mass is 181 g/mol. The van der Waals surface area contributed by atoms with Gasteiger partial charge in [-0.05, 0) is 0 Å². The third-order valence-electron chi connectivity index (χ3n) is 1.24. The summed E-state index contributed by atoms with van der Waals surface area (Å²) in [5.41, 5.74) is -0.479. The maximum atomic E-state index is 11.9. The van der Waals surface area contributed by atoms with Crippen molar-refractivity contribution in [2.24, 2.45) is 0 Å². The van der Waals surface area contributed by atoms with Gasteiger partial charge >= 0.3 is 67.8 Å². The molecule has 10 heavy (non-hydrogen) atoms. The van der Waals surface area contributed by atoms with E-state index in [1.54, 1.807) is 0 Å². The second-order valence-corrected chi connectivity index (χ2v) is 2.94. The Morgan fingerprint density at radius 1 is 1.40 bits per heavy atom. The van der Waals surface area contributed by atoms with Crippen LogP contribution in [-0.4, -0.2) is 6.18 Å². The molecule has 1 rings (SSSR count). The number of rotatable bonds is 0. The van der Waals surface area contributed by atoms with Gasteiger partial charge in [-0.2, -0.15) is 0 Å². The van der Waals surface area contributed by atoms with Crippen LogP contribution in [-0.2, 0) is 20.4 Å². The minimum atomic E-state index is -4.16. The number of hydrogen-bond acceptors (Lipinski definition) is 0. The van der Waals surface area contributed by atoms with E-state index >= 15 is 0 Å². The van der Waals surface area contributed by atoms with E-state index in [4.69, 9.17) is 0 Å². The van der Waals surface area contributed by atoms with Gasteiger partial charge < -0.3 is 0 Å². The van der Waals surface area contributed by atoms with Crippen molar-refractivity contribution < 1.29 is 33.6 Å². The Labute approximate surface area is 68.2 Å². The van der Waals surface area contributed by atoms with Gasteiger partial charge in [0.2, 0.25) is 0 Å². The molecule has 0 aromatic carbocycles. The van der Waals surface area contributed by atoms with E-state index in [0.29, 0.717) is 10.3 Å². The van der Waals surface area contributed by atoms with Crippen molar-refractivity contribution in [3.8, 4) is 0 Å². The molecule has 53 valence electrons. The first-order valence-corrected chi connectivity index (χ1v) is 3.48. The summed E-state index contributed by atoms with van der Waals surface area (Å²) in [5, 5.41) is 0. The number of hydrogen-bond donors (Lipinski definition) is 0. The van der Waals surface area contributed by atoms with Gasteiger partial charge in [0.15, 0.2) is 0 Å². The summed E-state index contributed by atoms with van der Waals surface area (Å²) in [5.74, 6) is 0. The number of halogens is 3. The molecule has 1 aliphatic carbocycles. The van der Waals surface area contributed by atoms with Crippen LogP contribution in [0.3, 0.4) is 0 Å². The van der Waals surface area contributed by atoms with Crippen molar-refractivity contribution >= 4 is 0 Å². The molecule has 0 bridgehead atoms. The molecule has 0 unspecified atom stereocenters. The Morgan fingerprint density at radius 3 is 2.20 bits per heavy atom. The van der Waals surface area contributed by atoms with Gasteiger partial charge in [-0.1, -0.05) is 0 Å². The van der Waals surface area contributed by atoms with Crippen LogP contribution in [0.15, 0.2) is 21.6 Å². The van der Waals surface area contributed by atoms with Crippen molar-refractivity contribution in [2.75, 3.05) is 0 Å². The second kappa shape index (κ2) is 2.55. The molecule has 1 aliphatic rings. The fourth-order valence-electron chi connectivity index (χ4n) is 0.771. The molecule has 0 atom stereocenters. The van der Waals surface area contributed by atoms with E-state index in [9.17, 15) is 13.2 Å². The van der Waals surface area contributed by atoms with E-state index in [2.05, 4.69) is 0 Å². The predicted octanol–water partition coefficient (Wildman–Crippen LogP) is 2.31. The molecule has 0 aromatic heterocycles. The molecule has 0 aliphatic heterocycles. The standard InChI is InChI=1S/C6H4F3.Ti/c7-6(8,9)5-3-1-2-4-5;/h1,3H,2H2;. The zero-order valence-electron chi connectivity index (χ0n) is 5.00. The molecule has 0 radical (unpaired) electrons. The summed E-state index contributed by atoms with van der Waals surface area (Å²) in [6, 6.07) is 0. The molecule has 0 saturated heterocycles. The average Bonchev–Trinajstić information content (AvgIpc) is 2.11.